The second-order valence-electron chi connectivity index (χ2n) is 5.61. The standard InChI is InChI=1S/C16H20N6O/c1-21-8-10-22(11-9-21)15-3-2-14(19-20-15)16(23)18-12-13-4-6-17-7-5-13/h2-7H,8-12H2,1H3,(H,18,23). The van der Waals surface area contributed by atoms with E-state index < -0.39 is 0 Å². The van der Waals surface area contributed by atoms with Crippen LogP contribution < -0.4 is 10.2 Å². The molecule has 3 heterocycles. The molecule has 0 saturated carbocycles. The molecule has 0 radical (unpaired) electrons. The highest BCUT2D eigenvalue weighted by Gasteiger charge is 2.16. The molecule has 2 aromatic heterocycles. The fourth-order valence-corrected chi connectivity index (χ4v) is 2.42. The fraction of sp³-hybridized carbons (Fsp3) is 0.375. The number of carbonyl (C=O) groups is 1. The van der Waals surface area contributed by atoms with E-state index in [0.717, 1.165) is 37.6 Å². The van der Waals surface area contributed by atoms with E-state index in [-0.39, 0.29) is 5.91 Å². The lowest BCUT2D eigenvalue weighted by atomic mass is 10.2. The van der Waals surface area contributed by atoms with Gasteiger partial charge in [0.1, 0.15) is 0 Å². The van der Waals surface area contributed by atoms with E-state index in [1.165, 1.54) is 0 Å². The zero-order valence-electron chi connectivity index (χ0n) is 13.1. The van der Waals surface area contributed by atoms with Crippen molar-refractivity contribution in [1.29, 1.82) is 0 Å². The van der Waals surface area contributed by atoms with Crippen LogP contribution in [0.2, 0.25) is 0 Å². The molecular formula is C16H20N6O. The summed E-state index contributed by atoms with van der Waals surface area (Å²) >= 11 is 0. The van der Waals surface area contributed by atoms with Crippen LogP contribution in [-0.4, -0.2) is 59.2 Å². The van der Waals surface area contributed by atoms with E-state index >= 15 is 0 Å². The van der Waals surface area contributed by atoms with E-state index in [4.69, 9.17) is 0 Å². The van der Waals surface area contributed by atoms with Crippen molar-refractivity contribution in [3.8, 4) is 0 Å². The molecular weight excluding hydrogens is 292 g/mol. The largest absolute Gasteiger partial charge is 0.353 e. The van der Waals surface area contributed by atoms with E-state index in [9.17, 15) is 4.79 Å². The molecule has 1 fully saturated rings. The summed E-state index contributed by atoms with van der Waals surface area (Å²) in [6, 6.07) is 7.31. The van der Waals surface area contributed by atoms with Gasteiger partial charge in [0.05, 0.1) is 0 Å². The molecule has 1 aliphatic heterocycles. The Labute approximate surface area is 135 Å². The summed E-state index contributed by atoms with van der Waals surface area (Å²) in [6.07, 6.45) is 3.40. The Hall–Kier alpha value is -2.54. The van der Waals surface area contributed by atoms with Crippen LogP contribution in [0, 0.1) is 0 Å². The normalized spacial score (nSPS) is 15.4. The van der Waals surface area contributed by atoms with Crippen molar-refractivity contribution >= 4 is 11.7 Å². The molecule has 0 aromatic carbocycles. The molecule has 0 bridgehead atoms. The van der Waals surface area contributed by atoms with E-state index in [1.807, 2.05) is 18.2 Å². The molecule has 1 N–H and O–H groups in total. The number of carbonyl (C=O) groups excluding carboxylic acids is 1. The summed E-state index contributed by atoms with van der Waals surface area (Å²) in [4.78, 5) is 20.5. The number of pyridine rings is 1. The quantitative estimate of drug-likeness (QED) is 0.889. The fourth-order valence-electron chi connectivity index (χ4n) is 2.42. The van der Waals surface area contributed by atoms with Gasteiger partial charge < -0.3 is 15.1 Å². The van der Waals surface area contributed by atoms with Gasteiger partial charge in [-0.15, -0.1) is 10.2 Å². The summed E-state index contributed by atoms with van der Waals surface area (Å²) < 4.78 is 0. The van der Waals surface area contributed by atoms with Crippen LogP contribution in [0.5, 0.6) is 0 Å². The van der Waals surface area contributed by atoms with Gasteiger partial charge in [0, 0.05) is 45.1 Å². The average molecular weight is 312 g/mol. The van der Waals surface area contributed by atoms with Crippen LogP contribution in [0.3, 0.4) is 0 Å². The molecule has 7 heteroatoms. The maximum atomic E-state index is 12.1. The van der Waals surface area contributed by atoms with Gasteiger partial charge in [0.15, 0.2) is 11.5 Å². The second kappa shape index (κ2) is 7.15. The number of hydrogen-bond acceptors (Lipinski definition) is 6. The van der Waals surface area contributed by atoms with Gasteiger partial charge in [-0.25, -0.2) is 0 Å². The van der Waals surface area contributed by atoms with Crippen molar-refractivity contribution in [3.63, 3.8) is 0 Å². The van der Waals surface area contributed by atoms with Gasteiger partial charge >= 0.3 is 0 Å². The highest BCUT2D eigenvalue weighted by atomic mass is 16.1. The van der Waals surface area contributed by atoms with Crippen LogP contribution >= 0.6 is 0 Å². The number of hydrogen-bond donors (Lipinski definition) is 1. The number of amides is 1. The zero-order valence-corrected chi connectivity index (χ0v) is 13.1. The summed E-state index contributed by atoms with van der Waals surface area (Å²) in [5, 5.41) is 11.1. The first-order valence-electron chi connectivity index (χ1n) is 7.67. The minimum absolute atomic E-state index is 0.223. The van der Waals surface area contributed by atoms with Crippen LogP contribution in [-0.2, 0) is 6.54 Å². The third-order valence-electron chi connectivity index (χ3n) is 3.91. The van der Waals surface area contributed by atoms with Crippen molar-refractivity contribution in [2.24, 2.45) is 0 Å². The molecule has 23 heavy (non-hydrogen) atoms. The van der Waals surface area contributed by atoms with Crippen molar-refractivity contribution in [3.05, 3.63) is 47.9 Å². The molecule has 0 aliphatic carbocycles. The Bertz CT molecular complexity index is 637. The van der Waals surface area contributed by atoms with Gasteiger partial charge in [0.25, 0.3) is 5.91 Å². The minimum atomic E-state index is -0.223. The second-order valence-corrected chi connectivity index (χ2v) is 5.61. The topological polar surface area (TPSA) is 74.2 Å². The van der Waals surface area contributed by atoms with Gasteiger partial charge in [-0.05, 0) is 36.9 Å². The SMILES string of the molecule is CN1CCN(c2ccc(C(=O)NCc3ccncc3)nn2)CC1. The van der Waals surface area contributed by atoms with Crippen molar-refractivity contribution in [1.82, 2.24) is 25.4 Å². The molecule has 0 atom stereocenters. The first-order valence-corrected chi connectivity index (χ1v) is 7.67. The van der Waals surface area contributed by atoms with E-state index in [0.29, 0.717) is 12.2 Å². The predicted molar refractivity (Wildman–Crippen MR) is 87.1 cm³/mol. The van der Waals surface area contributed by atoms with Gasteiger partial charge in [0.2, 0.25) is 0 Å². The molecule has 1 amide bonds. The maximum Gasteiger partial charge on any atom is 0.272 e. The van der Waals surface area contributed by atoms with Crippen LogP contribution in [0.1, 0.15) is 16.1 Å². The van der Waals surface area contributed by atoms with Gasteiger partial charge in [-0.3, -0.25) is 9.78 Å². The summed E-state index contributed by atoms with van der Waals surface area (Å²) in [5.41, 5.74) is 1.33. The van der Waals surface area contributed by atoms with Crippen molar-refractivity contribution < 1.29 is 4.79 Å². The minimum Gasteiger partial charge on any atom is -0.353 e. The first-order chi connectivity index (χ1) is 11.2. The van der Waals surface area contributed by atoms with E-state index in [2.05, 4.69) is 37.3 Å². The first kappa shape index (κ1) is 15.4. The van der Waals surface area contributed by atoms with Crippen molar-refractivity contribution in [2.45, 2.75) is 6.54 Å². The lowest BCUT2D eigenvalue weighted by Gasteiger charge is -2.32. The molecule has 120 valence electrons. The highest BCUT2D eigenvalue weighted by Crippen LogP contribution is 2.12. The molecule has 7 nitrogen and oxygen atoms in total. The van der Waals surface area contributed by atoms with E-state index in [1.54, 1.807) is 18.5 Å². The molecule has 0 spiro atoms. The van der Waals surface area contributed by atoms with Crippen LogP contribution in [0.25, 0.3) is 0 Å². The summed E-state index contributed by atoms with van der Waals surface area (Å²) in [7, 11) is 2.11. The molecule has 0 unspecified atom stereocenters. The summed E-state index contributed by atoms with van der Waals surface area (Å²) in [6.45, 7) is 4.33. The highest BCUT2D eigenvalue weighted by molar-refractivity contribution is 5.92. The van der Waals surface area contributed by atoms with Crippen LogP contribution in [0.4, 0.5) is 5.82 Å². The Morgan fingerprint density at radius 2 is 1.83 bits per heavy atom. The number of anilines is 1. The molecule has 1 aliphatic rings. The maximum absolute atomic E-state index is 12.1. The Kier molecular flexibility index (Phi) is 4.77. The Morgan fingerprint density at radius 3 is 2.48 bits per heavy atom. The van der Waals surface area contributed by atoms with Gasteiger partial charge in [-0.1, -0.05) is 0 Å². The molecule has 3 rings (SSSR count). The average Bonchev–Trinajstić information content (AvgIpc) is 2.61. The van der Waals surface area contributed by atoms with Crippen molar-refractivity contribution in [2.75, 3.05) is 38.1 Å². The van der Waals surface area contributed by atoms with Crippen LogP contribution in [0.15, 0.2) is 36.7 Å². The Morgan fingerprint density at radius 1 is 1.09 bits per heavy atom. The van der Waals surface area contributed by atoms with Gasteiger partial charge in [-0.2, -0.15) is 0 Å². The summed E-state index contributed by atoms with van der Waals surface area (Å²) in [5.74, 6) is 0.600. The molecule has 2 aromatic rings. The smallest absolute Gasteiger partial charge is 0.272 e. The number of nitrogens with zero attached hydrogens (tertiary/aromatic N) is 5. The molecule has 1 saturated heterocycles. The third kappa shape index (κ3) is 4.01. The number of aromatic nitrogens is 3. The Balaban J connectivity index is 1.57. The zero-order chi connectivity index (χ0) is 16.1. The number of piperazine rings is 1. The monoisotopic (exact) mass is 312 g/mol. The lowest BCUT2D eigenvalue weighted by Crippen LogP contribution is -2.44. The lowest BCUT2D eigenvalue weighted by molar-refractivity contribution is 0.0945. The number of rotatable bonds is 4. The third-order valence-corrected chi connectivity index (χ3v) is 3.91. The predicted octanol–water partition coefficient (Wildman–Crippen LogP) is 0.553. The number of likely N-dealkylation sites (N-methyl/N-ethyl adjacent to an activating group) is 1. The number of nitrogens with one attached hydrogen (secondary N) is 1.